The van der Waals surface area contributed by atoms with Crippen LogP contribution in [0.2, 0.25) is 0 Å². The fourth-order valence-electron chi connectivity index (χ4n) is 3.14. The van der Waals surface area contributed by atoms with E-state index in [1.165, 1.54) is 6.07 Å². The van der Waals surface area contributed by atoms with Crippen molar-refractivity contribution >= 4 is 17.3 Å². The van der Waals surface area contributed by atoms with Crippen LogP contribution in [0.3, 0.4) is 0 Å². The number of carbonyl (C=O) groups excluding carboxylic acids is 1. The molecule has 7 heteroatoms. The number of nitro groups is 1. The van der Waals surface area contributed by atoms with Crippen LogP contribution < -0.4 is 5.32 Å². The second-order valence-corrected chi connectivity index (χ2v) is 6.18. The summed E-state index contributed by atoms with van der Waals surface area (Å²) in [5, 5.41) is 14.1. The Morgan fingerprint density at radius 2 is 2.00 bits per heavy atom. The number of anilines is 1. The van der Waals surface area contributed by atoms with Crippen LogP contribution in [0.25, 0.3) is 0 Å². The van der Waals surface area contributed by atoms with Gasteiger partial charge < -0.3 is 10.2 Å². The molecule has 1 aromatic rings. The summed E-state index contributed by atoms with van der Waals surface area (Å²) >= 11 is 0. The number of hydrogen-bond acceptors (Lipinski definition) is 4. The molecule has 1 aromatic carbocycles. The van der Waals surface area contributed by atoms with Gasteiger partial charge >= 0.3 is 0 Å². The van der Waals surface area contributed by atoms with Crippen molar-refractivity contribution in [2.45, 2.75) is 45.6 Å². The van der Waals surface area contributed by atoms with E-state index in [1.54, 1.807) is 0 Å². The van der Waals surface area contributed by atoms with Crippen LogP contribution in [0, 0.1) is 21.8 Å². The molecule has 0 aliphatic carbocycles. The maximum absolute atomic E-state index is 13.4. The normalized spacial score (nSPS) is 15.6. The number of likely N-dealkylation sites (tertiary alicyclic amines) is 1. The molecule has 1 heterocycles. The van der Waals surface area contributed by atoms with Gasteiger partial charge in [0.05, 0.1) is 4.92 Å². The van der Waals surface area contributed by atoms with Gasteiger partial charge in [0.25, 0.3) is 5.69 Å². The van der Waals surface area contributed by atoms with E-state index in [2.05, 4.69) is 5.32 Å². The molecule has 1 aliphatic rings. The van der Waals surface area contributed by atoms with E-state index in [1.807, 2.05) is 18.7 Å². The zero-order valence-corrected chi connectivity index (χ0v) is 14.1. The fourth-order valence-corrected chi connectivity index (χ4v) is 3.14. The Balaban J connectivity index is 1.98. The Kier molecular flexibility index (Phi) is 6.11. The molecule has 24 heavy (non-hydrogen) atoms. The van der Waals surface area contributed by atoms with Gasteiger partial charge in [0.2, 0.25) is 5.91 Å². The Morgan fingerprint density at radius 1 is 1.38 bits per heavy atom. The van der Waals surface area contributed by atoms with Gasteiger partial charge in [0.15, 0.2) is 0 Å². The lowest BCUT2D eigenvalue weighted by atomic mass is 9.98. The predicted octanol–water partition coefficient (Wildman–Crippen LogP) is 3.57. The van der Waals surface area contributed by atoms with Crippen LogP contribution in [-0.4, -0.2) is 34.9 Å². The van der Waals surface area contributed by atoms with E-state index in [9.17, 15) is 19.3 Å². The van der Waals surface area contributed by atoms with Crippen LogP contribution in [0.4, 0.5) is 15.8 Å². The van der Waals surface area contributed by atoms with Crippen LogP contribution in [0.5, 0.6) is 0 Å². The predicted molar refractivity (Wildman–Crippen MR) is 90.4 cm³/mol. The number of carbonyl (C=O) groups is 1. The van der Waals surface area contributed by atoms with Crippen molar-refractivity contribution in [3.63, 3.8) is 0 Å². The molecule has 0 radical (unpaired) electrons. The summed E-state index contributed by atoms with van der Waals surface area (Å²) < 4.78 is 13.4. The van der Waals surface area contributed by atoms with E-state index in [4.69, 9.17) is 0 Å². The number of hydrogen-bond donors (Lipinski definition) is 1. The number of nitro benzene ring substituents is 1. The quantitative estimate of drug-likeness (QED) is 0.636. The molecule has 2 rings (SSSR count). The summed E-state index contributed by atoms with van der Waals surface area (Å²) in [6.45, 7) is 5.28. The van der Waals surface area contributed by atoms with E-state index < -0.39 is 10.7 Å². The molecular formula is C17H24FN3O3. The summed E-state index contributed by atoms with van der Waals surface area (Å²) in [5.74, 6) is -0.251. The van der Waals surface area contributed by atoms with Crippen molar-refractivity contribution in [2.75, 3.05) is 18.4 Å². The largest absolute Gasteiger partial charge is 0.377 e. The summed E-state index contributed by atoms with van der Waals surface area (Å²) in [4.78, 5) is 24.8. The van der Waals surface area contributed by atoms with Gasteiger partial charge in [-0.2, -0.15) is 0 Å². The number of nitrogens with zero attached hydrogens (tertiary/aromatic N) is 2. The standard InChI is InChI=1S/C17H24FN3O3/c1-3-12(4-2)17(22)20-9-7-14(8-10-20)19-15-11-13(18)5-6-16(15)21(23)24/h5-6,11-12,14,19H,3-4,7-10H2,1-2H3. The molecule has 0 unspecified atom stereocenters. The Labute approximate surface area is 141 Å². The molecule has 0 bridgehead atoms. The molecule has 0 saturated carbocycles. The van der Waals surface area contributed by atoms with Gasteiger partial charge in [-0.3, -0.25) is 14.9 Å². The Bertz CT molecular complexity index is 597. The summed E-state index contributed by atoms with van der Waals surface area (Å²) in [5.41, 5.74) is 0.0664. The second kappa shape index (κ2) is 8.08. The average molecular weight is 337 g/mol. The maximum Gasteiger partial charge on any atom is 0.292 e. The lowest BCUT2D eigenvalue weighted by Crippen LogP contribution is -2.44. The summed E-state index contributed by atoms with van der Waals surface area (Å²) in [6.07, 6.45) is 3.06. The molecular weight excluding hydrogens is 313 g/mol. The van der Waals surface area contributed by atoms with Gasteiger partial charge in [-0.25, -0.2) is 4.39 Å². The van der Waals surface area contributed by atoms with Crippen molar-refractivity contribution in [2.24, 2.45) is 5.92 Å². The van der Waals surface area contributed by atoms with E-state index in [0.717, 1.165) is 25.0 Å². The molecule has 1 fully saturated rings. The van der Waals surface area contributed by atoms with E-state index in [0.29, 0.717) is 25.9 Å². The lowest BCUT2D eigenvalue weighted by Gasteiger charge is -2.34. The van der Waals surface area contributed by atoms with Crippen LogP contribution in [-0.2, 0) is 4.79 Å². The third kappa shape index (κ3) is 4.21. The first kappa shape index (κ1) is 18.2. The number of benzene rings is 1. The highest BCUT2D eigenvalue weighted by atomic mass is 19.1. The van der Waals surface area contributed by atoms with Gasteiger partial charge in [-0.05, 0) is 31.7 Å². The Hall–Kier alpha value is -2.18. The minimum atomic E-state index is -0.520. The second-order valence-electron chi connectivity index (χ2n) is 6.18. The van der Waals surface area contributed by atoms with Gasteiger partial charge in [-0.1, -0.05) is 13.8 Å². The third-order valence-corrected chi connectivity index (χ3v) is 4.66. The fraction of sp³-hybridized carbons (Fsp3) is 0.588. The Morgan fingerprint density at radius 3 is 2.54 bits per heavy atom. The highest BCUT2D eigenvalue weighted by Gasteiger charge is 2.27. The number of nitrogens with one attached hydrogen (secondary N) is 1. The SMILES string of the molecule is CCC(CC)C(=O)N1CCC(Nc2cc(F)ccc2[N+](=O)[O-])CC1. The topological polar surface area (TPSA) is 75.5 Å². The molecule has 0 spiro atoms. The molecule has 6 nitrogen and oxygen atoms in total. The van der Waals surface area contributed by atoms with Crippen molar-refractivity contribution in [1.82, 2.24) is 4.90 Å². The first-order valence-electron chi connectivity index (χ1n) is 8.45. The lowest BCUT2D eigenvalue weighted by molar-refractivity contribution is -0.384. The molecule has 1 amide bonds. The first-order valence-corrected chi connectivity index (χ1v) is 8.45. The van der Waals surface area contributed by atoms with Gasteiger partial charge in [-0.15, -0.1) is 0 Å². The molecule has 1 aliphatic heterocycles. The number of rotatable bonds is 6. The molecule has 0 aromatic heterocycles. The summed E-state index contributed by atoms with van der Waals surface area (Å²) in [7, 11) is 0. The smallest absolute Gasteiger partial charge is 0.292 e. The maximum atomic E-state index is 13.4. The van der Waals surface area contributed by atoms with Crippen LogP contribution in [0.15, 0.2) is 18.2 Å². The van der Waals surface area contributed by atoms with E-state index >= 15 is 0 Å². The minimum Gasteiger partial charge on any atom is -0.377 e. The van der Waals surface area contributed by atoms with Crippen LogP contribution >= 0.6 is 0 Å². The van der Waals surface area contributed by atoms with E-state index in [-0.39, 0.29) is 29.2 Å². The monoisotopic (exact) mass is 337 g/mol. The molecule has 0 atom stereocenters. The third-order valence-electron chi connectivity index (χ3n) is 4.66. The molecule has 132 valence electrons. The number of halogens is 1. The number of amides is 1. The summed E-state index contributed by atoms with van der Waals surface area (Å²) in [6, 6.07) is 3.40. The van der Waals surface area contributed by atoms with Gasteiger partial charge in [0, 0.05) is 37.2 Å². The highest BCUT2D eigenvalue weighted by Crippen LogP contribution is 2.28. The van der Waals surface area contributed by atoms with Crippen molar-refractivity contribution < 1.29 is 14.1 Å². The van der Waals surface area contributed by atoms with Crippen molar-refractivity contribution in [3.05, 3.63) is 34.1 Å². The number of piperidine rings is 1. The van der Waals surface area contributed by atoms with Gasteiger partial charge in [0.1, 0.15) is 11.5 Å². The van der Waals surface area contributed by atoms with Crippen LogP contribution in [0.1, 0.15) is 39.5 Å². The average Bonchev–Trinajstić information content (AvgIpc) is 2.56. The zero-order chi connectivity index (χ0) is 17.7. The molecule has 1 N–H and O–H groups in total. The van der Waals surface area contributed by atoms with Crippen molar-refractivity contribution in [1.29, 1.82) is 0 Å². The minimum absolute atomic E-state index is 0.00347. The van der Waals surface area contributed by atoms with Crippen molar-refractivity contribution in [3.8, 4) is 0 Å². The molecule has 1 saturated heterocycles. The first-order chi connectivity index (χ1) is 11.5. The highest BCUT2D eigenvalue weighted by molar-refractivity contribution is 5.78. The zero-order valence-electron chi connectivity index (χ0n) is 14.1.